The minimum atomic E-state index is -1.20. The largest absolute Gasteiger partial charge is 0.481 e. The quantitative estimate of drug-likeness (QED) is 0.518. The second-order valence-electron chi connectivity index (χ2n) is 8.37. The maximum Gasteiger partial charge on any atom is 0.407 e. The Kier molecular flexibility index (Phi) is 7.31. The third-order valence-electron chi connectivity index (χ3n) is 6.32. The predicted molar refractivity (Wildman–Crippen MR) is 125 cm³/mol. The maximum absolute atomic E-state index is 13.0. The van der Waals surface area contributed by atoms with E-state index in [0.717, 1.165) is 22.3 Å². The molecule has 2 aromatic carbocycles. The van der Waals surface area contributed by atoms with Gasteiger partial charge < -0.3 is 30.1 Å². The Labute approximate surface area is 202 Å². The number of amides is 3. The molecule has 2 aliphatic rings. The molecule has 2 aromatic rings. The number of fused-ring (bicyclic) bond motifs is 3. The van der Waals surface area contributed by atoms with Gasteiger partial charge in [0.15, 0.2) is 6.10 Å². The number of rotatable bonds is 8. The molecule has 10 heteroatoms. The van der Waals surface area contributed by atoms with Crippen LogP contribution in [0.4, 0.5) is 4.79 Å². The number of ether oxygens (including phenoxy) is 2. The van der Waals surface area contributed by atoms with E-state index >= 15 is 0 Å². The fourth-order valence-corrected chi connectivity index (χ4v) is 4.63. The van der Waals surface area contributed by atoms with Crippen molar-refractivity contribution in [2.24, 2.45) is 0 Å². The molecule has 4 rings (SSSR count). The van der Waals surface area contributed by atoms with Gasteiger partial charge in [0.1, 0.15) is 12.6 Å². The lowest BCUT2D eigenvalue weighted by molar-refractivity contribution is -0.153. The van der Waals surface area contributed by atoms with E-state index in [1.807, 2.05) is 48.5 Å². The third-order valence-corrected chi connectivity index (χ3v) is 6.32. The van der Waals surface area contributed by atoms with Gasteiger partial charge in [-0.05, 0) is 22.3 Å². The van der Waals surface area contributed by atoms with Crippen molar-refractivity contribution in [3.63, 3.8) is 0 Å². The summed E-state index contributed by atoms with van der Waals surface area (Å²) >= 11 is 0. The summed E-state index contributed by atoms with van der Waals surface area (Å²) in [5, 5.41) is 14.2. The van der Waals surface area contributed by atoms with Crippen molar-refractivity contribution in [3.05, 3.63) is 59.7 Å². The van der Waals surface area contributed by atoms with Crippen LogP contribution in [0.3, 0.4) is 0 Å². The maximum atomic E-state index is 13.0. The van der Waals surface area contributed by atoms with Crippen LogP contribution in [0, 0.1) is 0 Å². The van der Waals surface area contributed by atoms with E-state index in [4.69, 9.17) is 14.6 Å². The van der Waals surface area contributed by atoms with Gasteiger partial charge >= 0.3 is 12.1 Å². The molecular weight excluding hydrogens is 454 g/mol. The number of methoxy groups -OCH3 is 1. The number of carboxylic acid groups (broad SMARTS) is 1. The monoisotopic (exact) mass is 481 g/mol. The highest BCUT2D eigenvalue weighted by atomic mass is 16.5. The molecule has 2 atom stereocenters. The average molecular weight is 482 g/mol. The first-order valence-electron chi connectivity index (χ1n) is 11.3. The first-order chi connectivity index (χ1) is 16.9. The summed E-state index contributed by atoms with van der Waals surface area (Å²) in [6, 6.07) is 14.8. The van der Waals surface area contributed by atoms with Crippen LogP contribution in [-0.2, 0) is 23.9 Å². The van der Waals surface area contributed by atoms with Crippen molar-refractivity contribution in [3.8, 4) is 11.1 Å². The highest BCUT2D eigenvalue weighted by molar-refractivity contribution is 5.93. The number of nitrogens with one attached hydrogen (secondary N) is 2. The topological polar surface area (TPSA) is 134 Å². The molecule has 1 aliphatic carbocycles. The molecule has 35 heavy (non-hydrogen) atoms. The number of hydrogen-bond acceptors (Lipinski definition) is 6. The van der Waals surface area contributed by atoms with Gasteiger partial charge in [-0.15, -0.1) is 0 Å². The summed E-state index contributed by atoms with van der Waals surface area (Å²) in [5.74, 6) is -2.41. The molecule has 1 saturated heterocycles. The van der Waals surface area contributed by atoms with Crippen molar-refractivity contribution < 1.29 is 33.8 Å². The number of alkyl carbamates (subject to hydrolysis) is 1. The molecule has 0 aromatic heterocycles. The summed E-state index contributed by atoms with van der Waals surface area (Å²) in [4.78, 5) is 49.8. The first-order valence-corrected chi connectivity index (χ1v) is 11.3. The van der Waals surface area contributed by atoms with Gasteiger partial charge in [-0.1, -0.05) is 48.5 Å². The zero-order valence-electron chi connectivity index (χ0n) is 19.2. The number of piperazine rings is 1. The Balaban J connectivity index is 1.35. The summed E-state index contributed by atoms with van der Waals surface area (Å²) in [5.41, 5.74) is 4.39. The van der Waals surface area contributed by atoms with Crippen molar-refractivity contribution in [1.82, 2.24) is 15.5 Å². The summed E-state index contributed by atoms with van der Waals surface area (Å²) in [6.07, 6.45) is -2.33. The van der Waals surface area contributed by atoms with E-state index < -0.39 is 42.4 Å². The van der Waals surface area contributed by atoms with E-state index in [-0.39, 0.29) is 32.2 Å². The normalized spacial score (nSPS) is 17.7. The predicted octanol–water partition coefficient (Wildman–Crippen LogP) is 1.34. The van der Waals surface area contributed by atoms with Crippen LogP contribution in [0.25, 0.3) is 11.1 Å². The van der Waals surface area contributed by atoms with Crippen LogP contribution in [0.15, 0.2) is 48.5 Å². The van der Waals surface area contributed by atoms with Crippen LogP contribution in [0.5, 0.6) is 0 Å². The number of carboxylic acids is 1. The molecule has 0 saturated carbocycles. The van der Waals surface area contributed by atoms with Gasteiger partial charge in [-0.2, -0.15) is 0 Å². The lowest BCUT2D eigenvalue weighted by Crippen LogP contribution is -2.60. The fourth-order valence-electron chi connectivity index (χ4n) is 4.63. The third kappa shape index (κ3) is 5.12. The number of carbonyl (C=O) groups is 4. The zero-order valence-corrected chi connectivity index (χ0v) is 19.2. The molecule has 184 valence electrons. The number of hydrogen-bond donors (Lipinski definition) is 3. The van der Waals surface area contributed by atoms with Gasteiger partial charge in [0.25, 0.3) is 5.91 Å². The molecule has 1 aliphatic heterocycles. The fraction of sp³-hybridized carbons (Fsp3) is 0.360. The molecule has 3 N–H and O–H groups in total. The Morgan fingerprint density at radius 2 is 1.74 bits per heavy atom. The van der Waals surface area contributed by atoms with Crippen LogP contribution < -0.4 is 10.6 Å². The SMILES string of the molecule is COC(CNC(=O)OCC1c2ccccc2-c2ccccc21)C(=O)N1CCNC(=O)C1CC(=O)O. The second kappa shape index (κ2) is 10.6. The molecule has 1 fully saturated rings. The Morgan fingerprint density at radius 1 is 1.11 bits per heavy atom. The number of benzene rings is 2. The van der Waals surface area contributed by atoms with E-state index in [1.165, 1.54) is 12.0 Å². The van der Waals surface area contributed by atoms with Crippen molar-refractivity contribution in [1.29, 1.82) is 0 Å². The minimum absolute atomic E-state index is 0.100. The molecular formula is C25H27N3O7. The Bertz CT molecular complexity index is 1090. The molecule has 1 heterocycles. The standard InChI is InChI=1S/C25H27N3O7/c1-34-21(24(32)28-11-10-26-23(31)20(28)12-22(29)30)13-27-25(33)35-14-19-17-8-4-2-6-15(17)16-7-3-5-9-18(16)19/h2-9,19-21H,10-14H2,1H3,(H,26,31)(H,27,33)(H,29,30). The van der Waals surface area contributed by atoms with Crippen LogP contribution in [-0.4, -0.2) is 79.4 Å². The van der Waals surface area contributed by atoms with E-state index in [9.17, 15) is 19.2 Å². The summed E-state index contributed by atoms with van der Waals surface area (Å²) in [7, 11) is 1.30. The van der Waals surface area contributed by atoms with E-state index in [1.54, 1.807) is 0 Å². The summed E-state index contributed by atoms with van der Waals surface area (Å²) in [6.45, 7) is 0.284. The van der Waals surface area contributed by atoms with Gasteiger partial charge in [0, 0.05) is 26.1 Å². The zero-order chi connectivity index (χ0) is 24.9. The van der Waals surface area contributed by atoms with Crippen LogP contribution in [0.1, 0.15) is 23.5 Å². The first kappa shape index (κ1) is 24.2. The number of aliphatic carboxylic acids is 1. The van der Waals surface area contributed by atoms with Crippen molar-refractivity contribution >= 4 is 23.9 Å². The molecule has 10 nitrogen and oxygen atoms in total. The van der Waals surface area contributed by atoms with Gasteiger partial charge in [0.2, 0.25) is 5.91 Å². The number of carbonyl (C=O) groups excluding carboxylic acids is 3. The molecule has 2 unspecified atom stereocenters. The number of nitrogens with zero attached hydrogens (tertiary/aromatic N) is 1. The lowest BCUT2D eigenvalue weighted by Gasteiger charge is -2.36. The summed E-state index contributed by atoms with van der Waals surface area (Å²) < 4.78 is 10.7. The van der Waals surface area contributed by atoms with Crippen LogP contribution in [0.2, 0.25) is 0 Å². The highest BCUT2D eigenvalue weighted by Crippen LogP contribution is 2.44. The smallest absolute Gasteiger partial charge is 0.407 e. The van der Waals surface area contributed by atoms with Crippen molar-refractivity contribution in [2.75, 3.05) is 33.4 Å². The second-order valence-corrected chi connectivity index (χ2v) is 8.37. The highest BCUT2D eigenvalue weighted by Gasteiger charge is 2.38. The Hall–Kier alpha value is -3.92. The minimum Gasteiger partial charge on any atom is -0.481 e. The lowest BCUT2D eigenvalue weighted by atomic mass is 9.98. The van der Waals surface area contributed by atoms with E-state index in [2.05, 4.69) is 10.6 Å². The van der Waals surface area contributed by atoms with Crippen molar-refractivity contribution in [2.45, 2.75) is 24.5 Å². The molecule has 0 radical (unpaired) electrons. The Morgan fingerprint density at radius 3 is 2.34 bits per heavy atom. The van der Waals surface area contributed by atoms with Gasteiger partial charge in [-0.25, -0.2) is 4.79 Å². The van der Waals surface area contributed by atoms with Gasteiger partial charge in [-0.3, -0.25) is 14.4 Å². The average Bonchev–Trinajstić information content (AvgIpc) is 3.17. The van der Waals surface area contributed by atoms with Crippen LogP contribution >= 0.6 is 0 Å². The molecule has 0 bridgehead atoms. The van der Waals surface area contributed by atoms with Gasteiger partial charge in [0.05, 0.1) is 13.0 Å². The molecule has 3 amide bonds. The van der Waals surface area contributed by atoms with E-state index in [0.29, 0.717) is 0 Å². The molecule has 0 spiro atoms.